The van der Waals surface area contributed by atoms with Crippen molar-refractivity contribution in [2.24, 2.45) is 0 Å². The molecule has 202 valence electrons. The van der Waals surface area contributed by atoms with Gasteiger partial charge in [0.05, 0.1) is 25.7 Å². The Balaban J connectivity index is 1.86. The normalized spacial score (nSPS) is 12.5. The molecule has 4 aromatic rings. The third kappa shape index (κ3) is 6.26. The van der Waals surface area contributed by atoms with Gasteiger partial charge in [-0.25, -0.2) is 4.98 Å². The van der Waals surface area contributed by atoms with Crippen LogP contribution in [0.25, 0.3) is 0 Å². The highest BCUT2D eigenvalue weighted by Crippen LogP contribution is 2.41. The number of nitrogens with zero attached hydrogens (tertiary/aromatic N) is 2. The monoisotopic (exact) mass is 525 g/mol. The number of rotatable bonds is 10. The third-order valence-electron chi connectivity index (χ3n) is 6.46. The van der Waals surface area contributed by atoms with E-state index in [-0.39, 0.29) is 13.1 Å². The Bertz CT molecular complexity index is 1270. The van der Waals surface area contributed by atoms with Crippen molar-refractivity contribution in [2.45, 2.75) is 37.8 Å². The molecule has 4 rings (SSSR count). The van der Waals surface area contributed by atoms with Gasteiger partial charge in [0, 0.05) is 12.7 Å². The molecular weight excluding hydrogens is 490 g/mol. The van der Waals surface area contributed by atoms with Gasteiger partial charge in [-0.2, -0.15) is 0 Å². The molecule has 1 heterocycles. The smallest absolute Gasteiger partial charge is 0.319 e. The fraction of sp³-hybridized carbons (Fsp3) is 0.281. The average Bonchev–Trinajstić information content (AvgIpc) is 3.42. The first-order valence-corrected chi connectivity index (χ1v) is 13.0. The molecule has 0 aliphatic carbocycles. The molecule has 1 unspecified atom stereocenters. The molecule has 1 N–H and O–H groups in total. The van der Waals surface area contributed by atoms with Crippen LogP contribution in [-0.4, -0.2) is 47.3 Å². The summed E-state index contributed by atoms with van der Waals surface area (Å²) in [5.41, 5.74) is 2.24. The number of ether oxygens (including phenoxy) is 2. The van der Waals surface area contributed by atoms with Crippen LogP contribution in [0.4, 0.5) is 0 Å². The fourth-order valence-electron chi connectivity index (χ4n) is 4.76. The fourth-order valence-corrected chi connectivity index (χ4v) is 4.76. The van der Waals surface area contributed by atoms with Gasteiger partial charge >= 0.3 is 11.9 Å². The van der Waals surface area contributed by atoms with Crippen molar-refractivity contribution in [1.82, 2.24) is 14.9 Å². The van der Waals surface area contributed by atoms with E-state index in [4.69, 9.17) is 14.5 Å². The molecule has 0 fully saturated rings. The van der Waals surface area contributed by atoms with Crippen LogP contribution in [0.1, 0.15) is 49.1 Å². The standard InChI is InChI=1S/C32H35N3O4/c1-31(2,3)39-30(37)27(20-33-21-29(36)38-4)28-22-35(23-34-28)32(24-14-8-5-9-15-24,25-16-10-6-11-17-25)26-18-12-7-13-19-26/h5-19,22-23,27,33H,20-21H2,1-4H3. The molecule has 0 bridgehead atoms. The number of benzene rings is 3. The first-order chi connectivity index (χ1) is 18.8. The van der Waals surface area contributed by atoms with Crippen molar-refractivity contribution in [3.63, 3.8) is 0 Å². The summed E-state index contributed by atoms with van der Waals surface area (Å²) in [6.45, 7) is 5.61. The second kappa shape index (κ2) is 12.1. The van der Waals surface area contributed by atoms with E-state index < -0.39 is 29.0 Å². The number of hydrogen-bond donors (Lipinski definition) is 1. The SMILES string of the molecule is COC(=O)CNCC(C(=O)OC(C)(C)C)c1cn(C(c2ccccc2)(c2ccccc2)c2ccccc2)cn1. The number of esters is 2. The van der Waals surface area contributed by atoms with Crippen molar-refractivity contribution in [2.75, 3.05) is 20.2 Å². The van der Waals surface area contributed by atoms with Crippen LogP contribution < -0.4 is 5.32 Å². The van der Waals surface area contributed by atoms with Crippen LogP contribution >= 0.6 is 0 Å². The third-order valence-corrected chi connectivity index (χ3v) is 6.46. The van der Waals surface area contributed by atoms with Crippen LogP contribution in [0.15, 0.2) is 104 Å². The molecule has 0 spiro atoms. The van der Waals surface area contributed by atoms with E-state index in [1.807, 2.05) is 81.6 Å². The lowest BCUT2D eigenvalue weighted by molar-refractivity contribution is -0.157. The van der Waals surface area contributed by atoms with Gasteiger partial charge in [-0.1, -0.05) is 91.0 Å². The predicted molar refractivity (Wildman–Crippen MR) is 150 cm³/mol. The Labute approximate surface area is 229 Å². The maximum atomic E-state index is 13.3. The molecule has 1 atom stereocenters. The van der Waals surface area contributed by atoms with Gasteiger partial charge in [-0.3, -0.25) is 9.59 Å². The summed E-state index contributed by atoms with van der Waals surface area (Å²) in [6, 6.07) is 30.7. The number of nitrogens with one attached hydrogen (secondary N) is 1. The minimum Gasteiger partial charge on any atom is -0.468 e. The average molecular weight is 526 g/mol. The lowest BCUT2D eigenvalue weighted by Crippen LogP contribution is -2.37. The van der Waals surface area contributed by atoms with Gasteiger partial charge in [-0.05, 0) is 37.5 Å². The predicted octanol–water partition coefficient (Wildman–Crippen LogP) is 4.91. The Morgan fingerprint density at radius 2 is 1.33 bits per heavy atom. The lowest BCUT2D eigenvalue weighted by atomic mass is 9.76. The van der Waals surface area contributed by atoms with E-state index in [0.29, 0.717) is 5.69 Å². The minimum absolute atomic E-state index is 0.0293. The molecule has 0 aliphatic rings. The quantitative estimate of drug-likeness (QED) is 0.234. The Morgan fingerprint density at radius 3 is 1.77 bits per heavy atom. The van der Waals surface area contributed by atoms with Crippen molar-refractivity contribution in [3.8, 4) is 0 Å². The molecular formula is C32H35N3O4. The molecule has 0 saturated heterocycles. The van der Waals surface area contributed by atoms with Crippen molar-refractivity contribution in [3.05, 3.63) is 126 Å². The summed E-state index contributed by atoms with van der Waals surface area (Å²) in [4.78, 5) is 29.8. The zero-order valence-corrected chi connectivity index (χ0v) is 22.8. The number of imidazole rings is 1. The summed E-state index contributed by atoms with van der Waals surface area (Å²) in [5, 5.41) is 3.02. The zero-order chi connectivity index (χ0) is 27.9. The van der Waals surface area contributed by atoms with E-state index in [1.165, 1.54) is 7.11 Å². The lowest BCUT2D eigenvalue weighted by Gasteiger charge is -2.37. The molecule has 7 heteroatoms. The van der Waals surface area contributed by atoms with E-state index >= 15 is 0 Å². The van der Waals surface area contributed by atoms with Gasteiger partial charge in [0.25, 0.3) is 0 Å². The first-order valence-electron chi connectivity index (χ1n) is 13.0. The highest BCUT2D eigenvalue weighted by molar-refractivity contribution is 5.78. The maximum absolute atomic E-state index is 13.3. The van der Waals surface area contributed by atoms with E-state index in [9.17, 15) is 9.59 Å². The summed E-state index contributed by atoms with van der Waals surface area (Å²) < 4.78 is 12.5. The highest BCUT2D eigenvalue weighted by Gasteiger charge is 2.39. The van der Waals surface area contributed by atoms with Gasteiger partial charge < -0.3 is 19.4 Å². The van der Waals surface area contributed by atoms with Gasteiger partial charge in [0.2, 0.25) is 0 Å². The van der Waals surface area contributed by atoms with Crippen LogP contribution in [0.2, 0.25) is 0 Å². The summed E-state index contributed by atoms with van der Waals surface area (Å²) in [6.07, 6.45) is 3.67. The van der Waals surface area contributed by atoms with Crippen molar-refractivity contribution < 1.29 is 19.1 Å². The summed E-state index contributed by atoms with van der Waals surface area (Å²) in [7, 11) is 1.33. The molecule has 0 saturated carbocycles. The molecule has 3 aromatic carbocycles. The molecule has 0 radical (unpaired) electrons. The summed E-state index contributed by atoms with van der Waals surface area (Å²) >= 11 is 0. The number of aromatic nitrogens is 2. The van der Waals surface area contributed by atoms with Gasteiger partial charge in [0.15, 0.2) is 0 Å². The van der Waals surface area contributed by atoms with E-state index in [0.717, 1.165) is 16.7 Å². The second-order valence-corrected chi connectivity index (χ2v) is 10.3. The van der Waals surface area contributed by atoms with Gasteiger partial charge in [0.1, 0.15) is 17.1 Å². The molecule has 0 aliphatic heterocycles. The number of carbonyl (C=O) groups excluding carboxylic acids is 2. The number of carbonyl (C=O) groups is 2. The molecule has 1 aromatic heterocycles. The van der Waals surface area contributed by atoms with Crippen LogP contribution in [0.3, 0.4) is 0 Å². The first kappa shape index (κ1) is 27.8. The maximum Gasteiger partial charge on any atom is 0.319 e. The van der Waals surface area contributed by atoms with Crippen LogP contribution in [-0.2, 0) is 24.6 Å². The van der Waals surface area contributed by atoms with E-state index in [1.54, 1.807) is 6.33 Å². The Morgan fingerprint density at radius 1 is 0.846 bits per heavy atom. The zero-order valence-electron chi connectivity index (χ0n) is 22.8. The van der Waals surface area contributed by atoms with Crippen LogP contribution in [0.5, 0.6) is 0 Å². The van der Waals surface area contributed by atoms with E-state index in [2.05, 4.69) is 46.3 Å². The van der Waals surface area contributed by atoms with Crippen LogP contribution in [0, 0.1) is 0 Å². The molecule has 39 heavy (non-hydrogen) atoms. The molecule has 0 amide bonds. The Kier molecular flexibility index (Phi) is 8.62. The minimum atomic E-state index is -0.757. The van der Waals surface area contributed by atoms with Gasteiger partial charge in [-0.15, -0.1) is 0 Å². The highest BCUT2D eigenvalue weighted by atomic mass is 16.6. The van der Waals surface area contributed by atoms with Crippen molar-refractivity contribution >= 4 is 11.9 Å². The second-order valence-electron chi connectivity index (χ2n) is 10.3. The molecule has 7 nitrogen and oxygen atoms in total. The summed E-state index contributed by atoms with van der Waals surface area (Å²) in [5.74, 6) is -1.58. The topological polar surface area (TPSA) is 82.5 Å². The Hall–Kier alpha value is -4.23. The largest absolute Gasteiger partial charge is 0.468 e. The van der Waals surface area contributed by atoms with Crippen molar-refractivity contribution in [1.29, 1.82) is 0 Å². The number of methoxy groups -OCH3 is 1. The number of hydrogen-bond acceptors (Lipinski definition) is 6.